The molecule has 10 nitrogen and oxygen atoms in total. The first-order valence-electron chi connectivity index (χ1n) is 14.2. The molecule has 1 atom stereocenters. The van der Waals surface area contributed by atoms with Crippen molar-refractivity contribution >= 4 is 23.4 Å². The van der Waals surface area contributed by atoms with Gasteiger partial charge in [-0.05, 0) is 63.8 Å². The molecule has 4 aromatic rings. The Morgan fingerprint density at radius 3 is 2.57 bits per heavy atom. The van der Waals surface area contributed by atoms with E-state index in [2.05, 4.69) is 20.2 Å². The maximum absolute atomic E-state index is 11.6. The molecule has 42 heavy (non-hydrogen) atoms. The molecule has 3 heterocycles. The van der Waals surface area contributed by atoms with Crippen LogP contribution in [-0.2, 0) is 11.2 Å². The minimum absolute atomic E-state index is 0.00171. The van der Waals surface area contributed by atoms with Crippen molar-refractivity contribution in [3.8, 4) is 22.8 Å². The van der Waals surface area contributed by atoms with E-state index in [4.69, 9.17) is 19.4 Å². The van der Waals surface area contributed by atoms with Crippen molar-refractivity contribution in [2.75, 3.05) is 29.9 Å². The number of benzene rings is 2. The van der Waals surface area contributed by atoms with Crippen LogP contribution in [0.15, 0.2) is 73.3 Å². The molecule has 0 saturated carbocycles. The van der Waals surface area contributed by atoms with E-state index in [1.165, 1.54) is 0 Å². The van der Waals surface area contributed by atoms with Crippen molar-refractivity contribution in [1.29, 1.82) is 0 Å². The molecule has 10 heteroatoms. The monoisotopic (exact) mass is 568 g/mol. The van der Waals surface area contributed by atoms with Gasteiger partial charge in [-0.25, -0.2) is 9.97 Å². The molecular weight excluding hydrogens is 532 g/mol. The number of nitrogens with one attached hydrogen (secondary N) is 1. The Balaban J connectivity index is 1.27. The predicted octanol–water partition coefficient (Wildman–Crippen LogP) is 5.78. The lowest BCUT2D eigenvalue weighted by molar-refractivity contribution is -0.146. The molecule has 0 amide bonds. The summed E-state index contributed by atoms with van der Waals surface area (Å²) in [6, 6.07) is 15.5. The van der Waals surface area contributed by atoms with Gasteiger partial charge in [0.25, 0.3) is 0 Å². The summed E-state index contributed by atoms with van der Waals surface area (Å²) < 4.78 is 12.1. The average molecular weight is 569 g/mol. The minimum Gasteiger partial charge on any atom is -0.490 e. The second-order valence-corrected chi connectivity index (χ2v) is 11.0. The number of carboxylic acids is 1. The normalized spacial score (nSPS) is 15.2. The van der Waals surface area contributed by atoms with Gasteiger partial charge in [-0.2, -0.15) is 0 Å². The smallest absolute Gasteiger partial charge is 0.309 e. The largest absolute Gasteiger partial charge is 0.490 e. The summed E-state index contributed by atoms with van der Waals surface area (Å²) in [6.07, 6.45) is 9.05. The Hall–Kier alpha value is -4.73. The molecule has 0 spiro atoms. The van der Waals surface area contributed by atoms with Crippen molar-refractivity contribution < 1.29 is 19.4 Å². The molecule has 218 valence electrons. The molecule has 0 aliphatic carbocycles. The number of para-hydroxylation sites is 2. The lowest BCUT2D eigenvalue weighted by atomic mass is 9.85. The number of nitrogens with zero attached hydrogens (tertiary/aromatic N) is 5. The molecule has 0 bridgehead atoms. The lowest BCUT2D eigenvalue weighted by Gasteiger charge is -2.33. The van der Waals surface area contributed by atoms with Crippen molar-refractivity contribution in [2.45, 2.75) is 46.1 Å². The van der Waals surface area contributed by atoms with Crippen LogP contribution in [0.4, 0.5) is 17.5 Å². The molecule has 1 saturated heterocycles. The minimum atomic E-state index is -0.869. The summed E-state index contributed by atoms with van der Waals surface area (Å²) in [7, 11) is 0. The van der Waals surface area contributed by atoms with Crippen LogP contribution >= 0.6 is 0 Å². The third kappa shape index (κ3) is 7.12. The Bertz CT molecular complexity index is 1530. The van der Waals surface area contributed by atoms with E-state index in [-0.39, 0.29) is 6.10 Å². The van der Waals surface area contributed by atoms with Gasteiger partial charge in [0.1, 0.15) is 11.9 Å². The summed E-state index contributed by atoms with van der Waals surface area (Å²) in [5.74, 6) is 2.51. The fourth-order valence-electron chi connectivity index (χ4n) is 4.94. The Morgan fingerprint density at radius 1 is 1.02 bits per heavy atom. The molecule has 1 fully saturated rings. The molecule has 2 N–H and O–H groups in total. The fourth-order valence-corrected chi connectivity index (χ4v) is 4.94. The molecule has 1 unspecified atom stereocenters. The summed E-state index contributed by atoms with van der Waals surface area (Å²) in [4.78, 5) is 32.1. The van der Waals surface area contributed by atoms with Crippen LogP contribution in [0, 0.1) is 5.41 Å². The molecule has 5 rings (SSSR count). The van der Waals surface area contributed by atoms with Gasteiger partial charge in [-0.1, -0.05) is 30.3 Å². The van der Waals surface area contributed by atoms with E-state index in [1.807, 2.05) is 55.5 Å². The Morgan fingerprint density at radius 2 is 1.79 bits per heavy atom. The van der Waals surface area contributed by atoms with Crippen molar-refractivity contribution in [1.82, 2.24) is 19.9 Å². The zero-order valence-corrected chi connectivity index (χ0v) is 24.2. The average Bonchev–Trinajstić information content (AvgIpc) is 2.99. The van der Waals surface area contributed by atoms with Gasteiger partial charge >= 0.3 is 5.97 Å². The highest BCUT2D eigenvalue weighted by atomic mass is 16.5. The number of carbonyl (C=O) groups is 1. The summed E-state index contributed by atoms with van der Waals surface area (Å²) in [6.45, 7) is 7.53. The van der Waals surface area contributed by atoms with Gasteiger partial charge in [-0.3, -0.25) is 14.8 Å². The number of hydrogen-bond acceptors (Lipinski definition) is 9. The van der Waals surface area contributed by atoms with Crippen LogP contribution in [0.25, 0.3) is 11.3 Å². The van der Waals surface area contributed by atoms with Gasteiger partial charge in [0.15, 0.2) is 23.1 Å². The summed E-state index contributed by atoms with van der Waals surface area (Å²) >= 11 is 0. The molecule has 2 aromatic heterocycles. The maximum Gasteiger partial charge on any atom is 0.309 e. The van der Waals surface area contributed by atoms with E-state index in [9.17, 15) is 9.90 Å². The SMILES string of the molecule is CCOc1ccccc1OC1CCCN(c2cncc(Nc3cncc(-c4cccc(CC(C)(C)C(=O)O)c4)n3)n2)C1. The first-order valence-corrected chi connectivity index (χ1v) is 14.2. The van der Waals surface area contributed by atoms with E-state index < -0.39 is 11.4 Å². The standard InChI is InChI=1S/C32H36N6O4/c1-4-41-26-12-5-6-13-27(26)42-24-11-8-14-38(21-24)30-20-34-19-29(37-30)36-28-18-33-17-25(35-28)23-10-7-9-22(15-23)16-32(2,3)31(39)40/h5-7,9-10,12-13,15,17-20,24H,4,8,11,14,16,21H2,1-3H3,(H,39,40)(H,35,36,37). The van der Waals surface area contributed by atoms with E-state index >= 15 is 0 Å². The number of hydrogen-bond donors (Lipinski definition) is 2. The summed E-state index contributed by atoms with van der Waals surface area (Å²) in [5, 5.41) is 12.7. The molecular formula is C32H36N6O4. The molecule has 2 aromatic carbocycles. The third-order valence-electron chi connectivity index (χ3n) is 7.11. The Kier molecular flexibility index (Phi) is 8.80. The second kappa shape index (κ2) is 12.8. The molecule has 0 radical (unpaired) electrons. The van der Waals surface area contributed by atoms with E-state index in [1.54, 1.807) is 38.6 Å². The molecule has 1 aliphatic heterocycles. The second-order valence-electron chi connectivity index (χ2n) is 11.0. The van der Waals surface area contributed by atoms with Gasteiger partial charge in [0.2, 0.25) is 0 Å². The van der Waals surface area contributed by atoms with Gasteiger partial charge in [-0.15, -0.1) is 0 Å². The first kappa shape index (κ1) is 28.8. The number of rotatable bonds is 11. The number of aliphatic carboxylic acids is 1. The van der Waals surface area contributed by atoms with Gasteiger partial charge in [0, 0.05) is 12.1 Å². The van der Waals surface area contributed by atoms with Crippen LogP contribution in [-0.4, -0.2) is 56.8 Å². The van der Waals surface area contributed by atoms with E-state index in [0.717, 1.165) is 47.8 Å². The third-order valence-corrected chi connectivity index (χ3v) is 7.11. The fraction of sp³-hybridized carbons (Fsp3) is 0.344. The van der Waals surface area contributed by atoms with Crippen LogP contribution < -0.4 is 19.7 Å². The number of aromatic nitrogens is 4. The predicted molar refractivity (Wildman–Crippen MR) is 161 cm³/mol. The number of carboxylic acid groups (broad SMARTS) is 1. The quantitative estimate of drug-likeness (QED) is 0.230. The maximum atomic E-state index is 11.6. The van der Waals surface area contributed by atoms with Crippen molar-refractivity contribution in [2.24, 2.45) is 5.41 Å². The van der Waals surface area contributed by atoms with Crippen LogP contribution in [0.2, 0.25) is 0 Å². The number of piperidine rings is 1. The van der Waals surface area contributed by atoms with Crippen molar-refractivity contribution in [3.63, 3.8) is 0 Å². The van der Waals surface area contributed by atoms with Gasteiger partial charge < -0.3 is 24.8 Å². The highest BCUT2D eigenvalue weighted by Gasteiger charge is 2.27. The molecule has 1 aliphatic rings. The van der Waals surface area contributed by atoms with Crippen molar-refractivity contribution in [3.05, 3.63) is 78.9 Å². The van der Waals surface area contributed by atoms with E-state index in [0.29, 0.717) is 36.9 Å². The van der Waals surface area contributed by atoms with Crippen LogP contribution in [0.5, 0.6) is 11.5 Å². The highest BCUT2D eigenvalue weighted by Crippen LogP contribution is 2.30. The first-order chi connectivity index (χ1) is 20.3. The lowest BCUT2D eigenvalue weighted by Crippen LogP contribution is -2.41. The summed E-state index contributed by atoms with van der Waals surface area (Å²) in [5.41, 5.74) is 1.58. The number of ether oxygens (including phenoxy) is 2. The zero-order valence-electron chi connectivity index (χ0n) is 24.2. The topological polar surface area (TPSA) is 123 Å². The van der Waals surface area contributed by atoms with Gasteiger partial charge in [0.05, 0.1) is 49.0 Å². The highest BCUT2D eigenvalue weighted by molar-refractivity contribution is 5.74. The van der Waals surface area contributed by atoms with Crippen LogP contribution in [0.1, 0.15) is 39.2 Å². The Labute approximate surface area is 245 Å². The van der Waals surface area contributed by atoms with Crippen LogP contribution in [0.3, 0.4) is 0 Å². The zero-order chi connectivity index (χ0) is 29.5. The number of anilines is 3.